The molecule has 0 amide bonds. The molecule has 0 aliphatic heterocycles. The molecular formula is C24H17ClINO4. The predicted octanol–water partition coefficient (Wildman–Crippen LogP) is 6.29. The molecule has 3 rings (SSSR count). The van der Waals surface area contributed by atoms with Crippen LogP contribution in [0.1, 0.15) is 27.0 Å². The molecule has 0 atom stereocenters. The van der Waals surface area contributed by atoms with Crippen LogP contribution in [0, 0.1) is 14.9 Å². The van der Waals surface area contributed by atoms with E-state index in [2.05, 4.69) is 28.7 Å². The number of aromatic carboxylic acids is 1. The first-order valence-corrected chi connectivity index (χ1v) is 10.6. The SMILES string of the molecule is COc1cc(C=C(C#N)c2ccccc2Cl)cc(I)c1OCc1cccc(C(=O)O)c1. The molecule has 31 heavy (non-hydrogen) atoms. The summed E-state index contributed by atoms with van der Waals surface area (Å²) in [6.45, 7) is 0.186. The van der Waals surface area contributed by atoms with E-state index >= 15 is 0 Å². The first-order valence-electron chi connectivity index (χ1n) is 9.12. The molecule has 0 spiro atoms. The molecule has 3 aromatic rings. The van der Waals surface area contributed by atoms with Crippen molar-refractivity contribution in [3.63, 3.8) is 0 Å². The van der Waals surface area contributed by atoms with Gasteiger partial charge in [0.25, 0.3) is 0 Å². The average Bonchev–Trinajstić information content (AvgIpc) is 2.77. The van der Waals surface area contributed by atoms with Crippen molar-refractivity contribution in [2.75, 3.05) is 7.11 Å². The highest BCUT2D eigenvalue weighted by Crippen LogP contribution is 2.36. The normalized spacial score (nSPS) is 11.0. The highest BCUT2D eigenvalue weighted by Gasteiger charge is 2.13. The fourth-order valence-corrected chi connectivity index (χ4v) is 3.95. The minimum atomic E-state index is -0.989. The second-order valence-corrected chi connectivity index (χ2v) is 8.05. The maximum absolute atomic E-state index is 11.2. The molecule has 7 heteroatoms. The number of allylic oxidation sites excluding steroid dienone is 1. The molecule has 0 heterocycles. The highest BCUT2D eigenvalue weighted by atomic mass is 127. The van der Waals surface area contributed by atoms with Crippen molar-refractivity contribution in [2.45, 2.75) is 6.61 Å². The third-order valence-electron chi connectivity index (χ3n) is 4.40. The minimum Gasteiger partial charge on any atom is -0.493 e. The number of ether oxygens (including phenoxy) is 2. The van der Waals surface area contributed by atoms with Crippen LogP contribution < -0.4 is 9.47 Å². The highest BCUT2D eigenvalue weighted by molar-refractivity contribution is 14.1. The first kappa shape index (κ1) is 22.7. The minimum absolute atomic E-state index is 0.186. The Kier molecular flexibility index (Phi) is 7.55. The molecule has 0 saturated carbocycles. The molecule has 3 aromatic carbocycles. The van der Waals surface area contributed by atoms with Crippen LogP contribution in [-0.2, 0) is 6.61 Å². The van der Waals surface area contributed by atoms with Gasteiger partial charge >= 0.3 is 5.97 Å². The van der Waals surface area contributed by atoms with Crippen molar-refractivity contribution >= 4 is 51.8 Å². The Labute approximate surface area is 198 Å². The number of hydrogen-bond acceptors (Lipinski definition) is 4. The zero-order chi connectivity index (χ0) is 22.4. The Bertz CT molecular complexity index is 1200. The summed E-state index contributed by atoms with van der Waals surface area (Å²) < 4.78 is 12.2. The van der Waals surface area contributed by atoms with Crippen molar-refractivity contribution in [1.29, 1.82) is 5.26 Å². The summed E-state index contributed by atoms with van der Waals surface area (Å²) in [5.74, 6) is 0.0539. The van der Waals surface area contributed by atoms with Crippen LogP contribution in [0.15, 0.2) is 60.7 Å². The Morgan fingerprint density at radius 3 is 2.65 bits per heavy atom. The van der Waals surface area contributed by atoms with Gasteiger partial charge in [-0.15, -0.1) is 0 Å². The van der Waals surface area contributed by atoms with Gasteiger partial charge in [0.2, 0.25) is 0 Å². The van der Waals surface area contributed by atoms with E-state index in [9.17, 15) is 10.1 Å². The quantitative estimate of drug-likeness (QED) is 0.214. The summed E-state index contributed by atoms with van der Waals surface area (Å²) in [6.07, 6.45) is 1.74. The monoisotopic (exact) mass is 545 g/mol. The topological polar surface area (TPSA) is 79.5 Å². The molecule has 0 saturated heterocycles. The van der Waals surface area contributed by atoms with Crippen LogP contribution in [-0.4, -0.2) is 18.2 Å². The number of carboxylic acids is 1. The molecular weight excluding hydrogens is 529 g/mol. The van der Waals surface area contributed by atoms with E-state index in [0.29, 0.717) is 27.7 Å². The fourth-order valence-electron chi connectivity index (χ4n) is 2.93. The average molecular weight is 546 g/mol. The number of benzene rings is 3. The van der Waals surface area contributed by atoms with Crippen molar-refractivity contribution in [3.8, 4) is 17.6 Å². The summed E-state index contributed by atoms with van der Waals surface area (Å²) in [5.41, 5.74) is 2.78. The van der Waals surface area contributed by atoms with Crippen LogP contribution in [0.2, 0.25) is 5.02 Å². The van der Waals surface area contributed by atoms with E-state index in [-0.39, 0.29) is 12.2 Å². The van der Waals surface area contributed by atoms with Gasteiger partial charge < -0.3 is 14.6 Å². The number of methoxy groups -OCH3 is 1. The number of halogens is 2. The maximum atomic E-state index is 11.2. The molecule has 0 aromatic heterocycles. The lowest BCUT2D eigenvalue weighted by molar-refractivity contribution is 0.0696. The molecule has 0 aliphatic rings. The van der Waals surface area contributed by atoms with Gasteiger partial charge in [0.05, 0.1) is 27.9 Å². The largest absolute Gasteiger partial charge is 0.493 e. The van der Waals surface area contributed by atoms with Crippen molar-refractivity contribution in [1.82, 2.24) is 0 Å². The lowest BCUT2D eigenvalue weighted by atomic mass is 10.0. The van der Waals surface area contributed by atoms with Crippen molar-refractivity contribution in [3.05, 3.63) is 91.5 Å². The number of nitrogens with zero attached hydrogens (tertiary/aromatic N) is 1. The number of hydrogen-bond donors (Lipinski definition) is 1. The van der Waals surface area contributed by atoms with Gasteiger partial charge in [-0.25, -0.2) is 4.79 Å². The summed E-state index contributed by atoms with van der Waals surface area (Å²) in [5, 5.41) is 19.3. The van der Waals surface area contributed by atoms with Gasteiger partial charge in [-0.05, 0) is 70.1 Å². The Hall–Kier alpha value is -3.02. The summed E-state index contributed by atoms with van der Waals surface area (Å²) in [7, 11) is 1.54. The number of rotatable bonds is 7. The molecule has 1 N–H and O–H groups in total. The number of nitriles is 1. The van der Waals surface area contributed by atoms with Gasteiger partial charge in [-0.1, -0.05) is 41.9 Å². The predicted molar refractivity (Wildman–Crippen MR) is 128 cm³/mol. The second kappa shape index (κ2) is 10.3. The summed E-state index contributed by atoms with van der Waals surface area (Å²) >= 11 is 8.37. The van der Waals surface area contributed by atoms with Crippen molar-refractivity contribution < 1.29 is 19.4 Å². The molecule has 0 unspecified atom stereocenters. The molecule has 156 valence electrons. The standard InChI is InChI=1S/C24H17ClINO4/c1-30-22-12-16(10-18(13-27)19-7-2-3-8-20(19)25)11-21(26)23(22)31-14-15-5-4-6-17(9-15)24(28)29/h2-12H,14H2,1H3,(H,28,29). The van der Waals surface area contributed by atoms with Gasteiger partial charge in [-0.3, -0.25) is 0 Å². The van der Waals surface area contributed by atoms with E-state index in [4.69, 9.17) is 26.2 Å². The smallest absolute Gasteiger partial charge is 0.335 e. The summed E-state index contributed by atoms with van der Waals surface area (Å²) in [6, 6.07) is 19.6. The van der Waals surface area contributed by atoms with E-state index in [1.165, 1.54) is 13.2 Å². The van der Waals surface area contributed by atoms with E-state index in [0.717, 1.165) is 14.7 Å². The zero-order valence-electron chi connectivity index (χ0n) is 16.4. The van der Waals surface area contributed by atoms with Crippen LogP contribution >= 0.6 is 34.2 Å². The van der Waals surface area contributed by atoms with Crippen molar-refractivity contribution in [2.24, 2.45) is 0 Å². The van der Waals surface area contributed by atoms with Crippen LogP contribution in [0.5, 0.6) is 11.5 Å². The number of carboxylic acid groups (broad SMARTS) is 1. The maximum Gasteiger partial charge on any atom is 0.335 e. The molecule has 0 bridgehead atoms. The Balaban J connectivity index is 1.90. The van der Waals surface area contributed by atoms with E-state index in [1.807, 2.05) is 18.2 Å². The molecule has 0 fully saturated rings. The molecule has 0 aliphatic carbocycles. The van der Waals surface area contributed by atoms with Gasteiger partial charge in [0.15, 0.2) is 11.5 Å². The first-order chi connectivity index (χ1) is 14.9. The third kappa shape index (κ3) is 5.57. The van der Waals surface area contributed by atoms with Gasteiger partial charge in [0.1, 0.15) is 6.61 Å². The number of carbonyl (C=O) groups is 1. The van der Waals surface area contributed by atoms with Crippen LogP contribution in [0.25, 0.3) is 11.6 Å². The molecule has 5 nitrogen and oxygen atoms in total. The molecule has 0 radical (unpaired) electrons. The lowest BCUT2D eigenvalue weighted by Crippen LogP contribution is -2.02. The third-order valence-corrected chi connectivity index (χ3v) is 5.54. The Morgan fingerprint density at radius 2 is 1.97 bits per heavy atom. The van der Waals surface area contributed by atoms with Gasteiger partial charge in [0, 0.05) is 10.6 Å². The van der Waals surface area contributed by atoms with E-state index in [1.54, 1.807) is 42.5 Å². The summed E-state index contributed by atoms with van der Waals surface area (Å²) in [4.78, 5) is 11.2. The van der Waals surface area contributed by atoms with Gasteiger partial charge in [-0.2, -0.15) is 5.26 Å². The second-order valence-electron chi connectivity index (χ2n) is 6.48. The Morgan fingerprint density at radius 1 is 1.19 bits per heavy atom. The van der Waals surface area contributed by atoms with Crippen LogP contribution in [0.3, 0.4) is 0 Å². The lowest BCUT2D eigenvalue weighted by Gasteiger charge is -2.14. The zero-order valence-corrected chi connectivity index (χ0v) is 19.3. The van der Waals surface area contributed by atoms with Crippen LogP contribution in [0.4, 0.5) is 0 Å². The van der Waals surface area contributed by atoms with E-state index < -0.39 is 5.97 Å². The fraction of sp³-hybridized carbons (Fsp3) is 0.0833.